The van der Waals surface area contributed by atoms with Crippen LogP contribution < -0.4 is 20.2 Å². The van der Waals surface area contributed by atoms with Crippen molar-refractivity contribution in [1.82, 2.24) is 0 Å². The Balaban J connectivity index is 1.63. The SMILES string of the molecule is Cc1cc(Oc2c(C(F)(F)F)oc3cc(OCC(=O)Nc4cccc(Cl)c4Cl)ccc3c2=O)cc(C)c1Cl. The lowest BCUT2D eigenvalue weighted by Crippen LogP contribution is -2.20. The number of carbonyl (C=O) groups excluding carboxylic acids is 1. The predicted octanol–water partition coefficient (Wildman–Crippen LogP) is 8.20. The van der Waals surface area contributed by atoms with Gasteiger partial charge < -0.3 is 19.2 Å². The average Bonchev–Trinajstić information content (AvgIpc) is 2.85. The Morgan fingerprint density at radius 1 is 0.974 bits per heavy atom. The highest BCUT2D eigenvalue weighted by atomic mass is 35.5. The molecule has 1 N–H and O–H groups in total. The van der Waals surface area contributed by atoms with E-state index in [1.807, 2.05) is 0 Å². The fourth-order valence-electron chi connectivity index (χ4n) is 3.54. The first-order valence-electron chi connectivity index (χ1n) is 10.8. The van der Waals surface area contributed by atoms with Gasteiger partial charge in [0.05, 0.1) is 21.1 Å². The molecule has 1 heterocycles. The minimum atomic E-state index is -5.05. The van der Waals surface area contributed by atoms with Gasteiger partial charge in [0.15, 0.2) is 6.61 Å². The molecule has 0 fully saturated rings. The number of carbonyl (C=O) groups is 1. The maximum absolute atomic E-state index is 13.9. The van der Waals surface area contributed by atoms with Gasteiger partial charge in [0.2, 0.25) is 11.2 Å². The third kappa shape index (κ3) is 5.85. The third-order valence-electron chi connectivity index (χ3n) is 5.31. The van der Waals surface area contributed by atoms with Crippen LogP contribution in [0.15, 0.2) is 57.7 Å². The maximum atomic E-state index is 13.9. The van der Waals surface area contributed by atoms with Crippen molar-refractivity contribution >= 4 is 57.4 Å². The Morgan fingerprint density at radius 3 is 2.32 bits per heavy atom. The fourth-order valence-corrected chi connectivity index (χ4v) is 4.00. The van der Waals surface area contributed by atoms with Gasteiger partial charge in [-0.25, -0.2) is 0 Å². The van der Waals surface area contributed by atoms with Gasteiger partial charge in [0, 0.05) is 11.1 Å². The second kappa shape index (κ2) is 10.8. The number of hydrogen-bond acceptors (Lipinski definition) is 5. The summed E-state index contributed by atoms with van der Waals surface area (Å²) in [6.07, 6.45) is -5.05. The van der Waals surface area contributed by atoms with Gasteiger partial charge in [-0.3, -0.25) is 9.59 Å². The number of anilines is 1. The third-order valence-corrected chi connectivity index (χ3v) is 6.72. The van der Waals surface area contributed by atoms with Gasteiger partial charge in [-0.1, -0.05) is 40.9 Å². The molecular weight excluding hydrogens is 570 g/mol. The zero-order valence-electron chi connectivity index (χ0n) is 19.6. The molecule has 198 valence electrons. The minimum Gasteiger partial charge on any atom is -0.484 e. The summed E-state index contributed by atoms with van der Waals surface area (Å²) in [6, 6.07) is 11.1. The molecule has 0 radical (unpaired) electrons. The minimum absolute atomic E-state index is 0.00711. The molecule has 4 aromatic rings. The van der Waals surface area contributed by atoms with Crippen molar-refractivity contribution in [3.63, 3.8) is 0 Å². The Hall–Kier alpha value is -3.40. The van der Waals surface area contributed by atoms with Gasteiger partial charge in [-0.2, -0.15) is 13.2 Å². The van der Waals surface area contributed by atoms with Crippen molar-refractivity contribution in [3.05, 3.63) is 90.7 Å². The fraction of sp³-hybridized carbons (Fsp3) is 0.154. The van der Waals surface area contributed by atoms with Crippen LogP contribution in [0.1, 0.15) is 16.9 Å². The van der Waals surface area contributed by atoms with E-state index in [1.54, 1.807) is 26.0 Å². The van der Waals surface area contributed by atoms with Crippen LogP contribution in [0.3, 0.4) is 0 Å². The Kier molecular flexibility index (Phi) is 7.83. The van der Waals surface area contributed by atoms with Crippen LogP contribution in [-0.4, -0.2) is 12.5 Å². The second-order valence-electron chi connectivity index (χ2n) is 8.16. The zero-order valence-corrected chi connectivity index (χ0v) is 21.9. The summed E-state index contributed by atoms with van der Waals surface area (Å²) in [4.78, 5) is 25.3. The van der Waals surface area contributed by atoms with Crippen LogP contribution in [0.4, 0.5) is 18.9 Å². The van der Waals surface area contributed by atoms with Gasteiger partial charge >= 0.3 is 6.18 Å². The number of amides is 1. The van der Waals surface area contributed by atoms with E-state index in [0.717, 1.165) is 6.07 Å². The van der Waals surface area contributed by atoms with E-state index in [4.69, 9.17) is 48.7 Å². The Bertz CT molecular complexity index is 1600. The van der Waals surface area contributed by atoms with Crippen LogP contribution in [0.25, 0.3) is 11.0 Å². The first-order chi connectivity index (χ1) is 17.8. The molecule has 38 heavy (non-hydrogen) atoms. The van der Waals surface area contributed by atoms with Crippen LogP contribution in [-0.2, 0) is 11.0 Å². The first kappa shape index (κ1) is 27.6. The highest BCUT2D eigenvalue weighted by Gasteiger charge is 2.40. The normalized spacial score (nSPS) is 11.5. The quantitative estimate of drug-likeness (QED) is 0.246. The number of halogens is 6. The average molecular weight is 587 g/mol. The lowest BCUT2D eigenvalue weighted by molar-refractivity contribution is -0.154. The molecule has 0 aliphatic heterocycles. The number of fused-ring (bicyclic) bond motifs is 1. The van der Waals surface area contributed by atoms with Crippen LogP contribution in [0, 0.1) is 13.8 Å². The van der Waals surface area contributed by atoms with Crippen molar-refractivity contribution in [2.75, 3.05) is 11.9 Å². The number of nitrogens with one attached hydrogen (secondary N) is 1. The van der Waals surface area contributed by atoms with Gasteiger partial charge in [0.25, 0.3) is 11.7 Å². The number of alkyl halides is 3. The van der Waals surface area contributed by atoms with Gasteiger partial charge in [-0.05, 0) is 61.4 Å². The molecule has 0 aliphatic rings. The molecule has 1 amide bonds. The molecule has 4 rings (SSSR count). The van der Waals surface area contributed by atoms with Crippen LogP contribution in [0.5, 0.6) is 17.2 Å². The predicted molar refractivity (Wildman–Crippen MR) is 139 cm³/mol. The molecule has 0 atom stereocenters. The summed E-state index contributed by atoms with van der Waals surface area (Å²) in [5, 5.41) is 3.13. The summed E-state index contributed by atoms with van der Waals surface area (Å²) >= 11 is 18.1. The zero-order chi connectivity index (χ0) is 27.8. The molecule has 0 aliphatic carbocycles. The lowest BCUT2D eigenvalue weighted by atomic mass is 10.1. The van der Waals surface area contributed by atoms with Crippen molar-refractivity contribution in [2.45, 2.75) is 20.0 Å². The molecule has 0 saturated heterocycles. The van der Waals surface area contributed by atoms with Crippen LogP contribution >= 0.6 is 34.8 Å². The van der Waals surface area contributed by atoms with Crippen molar-refractivity contribution in [2.24, 2.45) is 0 Å². The summed E-state index contributed by atoms with van der Waals surface area (Å²) in [6.45, 7) is 2.80. The summed E-state index contributed by atoms with van der Waals surface area (Å²) in [7, 11) is 0. The highest BCUT2D eigenvalue weighted by molar-refractivity contribution is 6.44. The number of rotatable bonds is 6. The topological polar surface area (TPSA) is 77.8 Å². The molecule has 0 spiro atoms. The molecule has 3 aromatic carbocycles. The number of ether oxygens (including phenoxy) is 2. The summed E-state index contributed by atoms with van der Waals surface area (Å²) in [5.41, 5.74) is -0.0731. The van der Waals surface area contributed by atoms with Crippen LogP contribution in [0.2, 0.25) is 15.1 Å². The van der Waals surface area contributed by atoms with E-state index < -0.39 is 41.2 Å². The Labute approximate surface area is 228 Å². The maximum Gasteiger partial charge on any atom is 0.453 e. The largest absolute Gasteiger partial charge is 0.484 e. The molecule has 0 bridgehead atoms. The Morgan fingerprint density at radius 2 is 1.66 bits per heavy atom. The molecule has 1 aromatic heterocycles. The summed E-state index contributed by atoms with van der Waals surface area (Å²) in [5.74, 6) is -3.27. The molecular formula is C26H17Cl3F3NO5. The molecule has 0 unspecified atom stereocenters. The molecule has 0 saturated carbocycles. The van der Waals surface area contributed by atoms with Crippen molar-refractivity contribution in [3.8, 4) is 17.2 Å². The lowest BCUT2D eigenvalue weighted by Gasteiger charge is -2.15. The van der Waals surface area contributed by atoms with Crippen molar-refractivity contribution < 1.29 is 31.9 Å². The van der Waals surface area contributed by atoms with Crippen molar-refractivity contribution in [1.29, 1.82) is 0 Å². The standard InChI is InChI=1S/C26H17Cl3F3NO5/c1-12-8-15(9-13(2)21(12)28)37-24-23(35)16-7-6-14(10-19(16)38-25(24)26(30,31)32)36-11-20(34)33-18-5-3-4-17(27)22(18)29/h3-10H,11H2,1-2H3,(H,33,34). The van der Waals surface area contributed by atoms with E-state index >= 15 is 0 Å². The van der Waals surface area contributed by atoms with E-state index in [9.17, 15) is 22.8 Å². The van der Waals surface area contributed by atoms with Gasteiger partial charge in [0.1, 0.15) is 17.1 Å². The summed E-state index contributed by atoms with van der Waals surface area (Å²) < 4.78 is 57.4. The van der Waals surface area contributed by atoms with E-state index in [-0.39, 0.29) is 32.6 Å². The number of hydrogen-bond donors (Lipinski definition) is 1. The molecule has 6 nitrogen and oxygen atoms in total. The van der Waals surface area contributed by atoms with E-state index in [0.29, 0.717) is 16.1 Å². The van der Waals surface area contributed by atoms with Gasteiger partial charge in [-0.15, -0.1) is 0 Å². The monoisotopic (exact) mass is 585 g/mol. The van der Waals surface area contributed by atoms with E-state index in [2.05, 4.69) is 5.32 Å². The number of aryl methyl sites for hydroxylation is 2. The van der Waals surface area contributed by atoms with E-state index in [1.165, 1.54) is 30.3 Å². The second-order valence-corrected chi connectivity index (χ2v) is 9.32. The smallest absolute Gasteiger partial charge is 0.453 e. The number of benzene rings is 3. The first-order valence-corrected chi connectivity index (χ1v) is 12.0. The molecule has 12 heteroatoms. The highest BCUT2D eigenvalue weighted by Crippen LogP contribution is 2.39.